The molecule has 0 aromatic carbocycles. The third kappa shape index (κ3) is 17.4. The maximum Gasteiger partial charge on any atom is 0.309 e. The van der Waals surface area contributed by atoms with Gasteiger partial charge in [-0.2, -0.15) is 0 Å². The average molecular weight is 509 g/mol. The van der Waals surface area contributed by atoms with E-state index in [0.29, 0.717) is 25.7 Å². The van der Waals surface area contributed by atoms with Gasteiger partial charge >= 0.3 is 11.9 Å². The van der Waals surface area contributed by atoms with Crippen molar-refractivity contribution in [3.05, 3.63) is 0 Å². The lowest BCUT2D eigenvalue weighted by atomic mass is 9.82. The Morgan fingerprint density at radius 1 is 0.639 bits per heavy atom. The van der Waals surface area contributed by atoms with Crippen LogP contribution in [0.3, 0.4) is 0 Å². The van der Waals surface area contributed by atoms with E-state index in [4.69, 9.17) is 4.74 Å². The number of rotatable bonds is 23. The second-order valence-corrected chi connectivity index (χ2v) is 12.0. The highest BCUT2D eigenvalue weighted by molar-refractivity contribution is 5.74. The van der Waals surface area contributed by atoms with Crippen molar-refractivity contribution in [2.24, 2.45) is 17.8 Å². The number of carbonyl (C=O) groups is 2. The lowest BCUT2D eigenvalue weighted by Gasteiger charge is -2.27. The van der Waals surface area contributed by atoms with Gasteiger partial charge in [-0.05, 0) is 57.3 Å². The van der Waals surface area contributed by atoms with E-state index in [2.05, 4.69) is 20.8 Å². The fourth-order valence-electron chi connectivity index (χ4n) is 5.59. The summed E-state index contributed by atoms with van der Waals surface area (Å²) in [6, 6.07) is 0. The Hall–Kier alpha value is -1.06. The number of hydrogen-bond donors (Lipinski definition) is 1. The molecule has 1 unspecified atom stereocenters. The van der Waals surface area contributed by atoms with Gasteiger partial charge in [0.1, 0.15) is 6.10 Å². The number of carboxylic acid groups (broad SMARTS) is 1. The van der Waals surface area contributed by atoms with E-state index in [9.17, 15) is 14.7 Å². The Morgan fingerprint density at radius 3 is 1.44 bits per heavy atom. The van der Waals surface area contributed by atoms with Crippen LogP contribution in [0.5, 0.6) is 0 Å². The normalized spacial score (nSPS) is 18.9. The van der Waals surface area contributed by atoms with E-state index in [1.54, 1.807) is 0 Å². The maximum atomic E-state index is 12.9. The summed E-state index contributed by atoms with van der Waals surface area (Å²) < 4.78 is 6.05. The molecule has 0 saturated heterocycles. The summed E-state index contributed by atoms with van der Waals surface area (Å²) in [5.41, 5.74) is 0. The number of carboxylic acids is 1. The molecule has 212 valence electrons. The lowest BCUT2D eigenvalue weighted by Crippen LogP contribution is -2.29. The van der Waals surface area contributed by atoms with Gasteiger partial charge in [-0.3, -0.25) is 9.59 Å². The van der Waals surface area contributed by atoms with Crippen molar-refractivity contribution in [2.75, 3.05) is 0 Å². The van der Waals surface area contributed by atoms with Crippen molar-refractivity contribution in [3.63, 3.8) is 0 Å². The van der Waals surface area contributed by atoms with Gasteiger partial charge in [0.15, 0.2) is 0 Å². The fourth-order valence-corrected chi connectivity index (χ4v) is 5.59. The molecule has 4 nitrogen and oxygen atoms in total. The zero-order valence-electron chi connectivity index (χ0n) is 24.2. The van der Waals surface area contributed by atoms with Gasteiger partial charge in [-0.15, -0.1) is 0 Å². The van der Waals surface area contributed by atoms with Crippen LogP contribution in [0.4, 0.5) is 0 Å². The molecule has 0 radical (unpaired) electrons. The average Bonchev–Trinajstić information content (AvgIpc) is 2.86. The minimum atomic E-state index is -0.718. The van der Waals surface area contributed by atoms with Crippen LogP contribution in [0, 0.1) is 17.8 Å². The van der Waals surface area contributed by atoms with Crippen LogP contribution in [0.1, 0.15) is 168 Å². The van der Waals surface area contributed by atoms with Crippen LogP contribution in [-0.2, 0) is 14.3 Å². The number of aliphatic carboxylic acids is 1. The molecule has 4 heteroatoms. The van der Waals surface area contributed by atoms with Crippen molar-refractivity contribution in [1.82, 2.24) is 0 Å². The number of esters is 1. The summed E-state index contributed by atoms with van der Waals surface area (Å²) in [6.45, 7) is 6.87. The Morgan fingerprint density at radius 2 is 1.03 bits per heavy atom. The van der Waals surface area contributed by atoms with Gasteiger partial charge in [-0.1, -0.05) is 117 Å². The van der Waals surface area contributed by atoms with Crippen molar-refractivity contribution >= 4 is 11.9 Å². The Labute approximate surface area is 223 Å². The maximum absolute atomic E-state index is 12.9. The first kappa shape index (κ1) is 33.0. The predicted molar refractivity (Wildman–Crippen MR) is 151 cm³/mol. The van der Waals surface area contributed by atoms with Crippen LogP contribution < -0.4 is 0 Å². The smallest absolute Gasteiger partial charge is 0.309 e. The molecule has 0 spiro atoms. The number of unbranched alkanes of at least 4 members (excludes halogenated alkanes) is 14. The number of carbonyl (C=O) groups excluding carboxylic acids is 1. The standard InChI is InChI=1S/C32H60O4/c1-4-5-6-7-8-9-12-15-18-21-30(22-19-16-13-10-11-14-17-20-27(2)3)36-32(35)29-25-23-28(24-26-29)31(33)34/h27-30H,4-26H2,1-3H3,(H,33,34). The summed E-state index contributed by atoms with van der Waals surface area (Å²) in [4.78, 5) is 24.1. The zero-order chi connectivity index (χ0) is 26.4. The van der Waals surface area contributed by atoms with Crippen molar-refractivity contribution in [1.29, 1.82) is 0 Å². The molecule has 0 heterocycles. The van der Waals surface area contributed by atoms with Crippen LogP contribution in [0.2, 0.25) is 0 Å². The highest BCUT2D eigenvalue weighted by Crippen LogP contribution is 2.30. The summed E-state index contributed by atoms with van der Waals surface area (Å²) in [7, 11) is 0. The fraction of sp³-hybridized carbons (Fsp3) is 0.938. The first-order valence-corrected chi connectivity index (χ1v) is 15.9. The van der Waals surface area contributed by atoms with Crippen molar-refractivity contribution in [2.45, 2.75) is 175 Å². The van der Waals surface area contributed by atoms with E-state index >= 15 is 0 Å². The highest BCUT2D eigenvalue weighted by atomic mass is 16.5. The minimum Gasteiger partial charge on any atom is -0.481 e. The summed E-state index contributed by atoms with van der Waals surface area (Å²) >= 11 is 0. The molecule has 1 aliphatic carbocycles. The molecular weight excluding hydrogens is 448 g/mol. The van der Waals surface area contributed by atoms with Gasteiger partial charge < -0.3 is 9.84 Å². The Kier molecular flexibility index (Phi) is 20.1. The third-order valence-corrected chi connectivity index (χ3v) is 8.13. The minimum absolute atomic E-state index is 0.0466. The van der Waals surface area contributed by atoms with E-state index in [-0.39, 0.29) is 23.9 Å². The van der Waals surface area contributed by atoms with Gasteiger partial charge in [0.2, 0.25) is 0 Å². The Bertz CT molecular complexity index is 536. The second-order valence-electron chi connectivity index (χ2n) is 12.0. The SMILES string of the molecule is CCCCCCCCCCCC(CCCCCCCCCC(C)C)OC(=O)C1CCC(C(=O)O)CC1. The van der Waals surface area contributed by atoms with Crippen LogP contribution in [0.25, 0.3) is 0 Å². The van der Waals surface area contributed by atoms with Crippen LogP contribution in [0.15, 0.2) is 0 Å². The molecular formula is C32H60O4. The number of ether oxygens (including phenoxy) is 1. The highest BCUT2D eigenvalue weighted by Gasteiger charge is 2.31. The van der Waals surface area contributed by atoms with Gasteiger partial charge in [0.25, 0.3) is 0 Å². The summed E-state index contributed by atoms with van der Waals surface area (Å²) in [5.74, 6) is -0.341. The van der Waals surface area contributed by atoms with Crippen molar-refractivity contribution in [3.8, 4) is 0 Å². The number of hydrogen-bond acceptors (Lipinski definition) is 3. The summed E-state index contributed by atoms with van der Waals surface area (Å²) in [5, 5.41) is 9.23. The molecule has 0 aliphatic heterocycles. The molecule has 0 aromatic rings. The molecule has 1 rings (SSSR count). The van der Waals surface area contributed by atoms with Crippen LogP contribution in [-0.4, -0.2) is 23.1 Å². The molecule has 1 N–H and O–H groups in total. The lowest BCUT2D eigenvalue weighted by molar-refractivity contribution is -0.158. The second kappa shape index (κ2) is 22.0. The predicted octanol–water partition coefficient (Wildman–Crippen LogP) is 9.88. The van der Waals surface area contributed by atoms with Crippen molar-refractivity contribution < 1.29 is 19.4 Å². The van der Waals surface area contributed by atoms with E-state index in [1.165, 1.54) is 96.3 Å². The largest absolute Gasteiger partial charge is 0.481 e. The third-order valence-electron chi connectivity index (χ3n) is 8.13. The molecule has 1 atom stereocenters. The first-order valence-electron chi connectivity index (χ1n) is 15.9. The quantitative estimate of drug-likeness (QED) is 0.110. The molecule has 0 bridgehead atoms. The molecule has 1 saturated carbocycles. The van der Waals surface area contributed by atoms with Gasteiger partial charge in [0.05, 0.1) is 11.8 Å². The van der Waals surface area contributed by atoms with Gasteiger partial charge in [-0.25, -0.2) is 0 Å². The monoisotopic (exact) mass is 508 g/mol. The topological polar surface area (TPSA) is 63.6 Å². The molecule has 0 aromatic heterocycles. The summed E-state index contributed by atoms with van der Waals surface area (Å²) in [6.07, 6.45) is 26.8. The molecule has 36 heavy (non-hydrogen) atoms. The zero-order valence-corrected chi connectivity index (χ0v) is 24.2. The molecule has 0 amide bonds. The molecule has 1 fully saturated rings. The van der Waals surface area contributed by atoms with Crippen LogP contribution >= 0.6 is 0 Å². The molecule has 1 aliphatic rings. The Balaban J connectivity index is 2.29. The van der Waals surface area contributed by atoms with E-state index < -0.39 is 5.97 Å². The van der Waals surface area contributed by atoms with E-state index in [0.717, 1.165) is 31.6 Å². The van der Waals surface area contributed by atoms with E-state index in [1.807, 2.05) is 0 Å². The van der Waals surface area contributed by atoms with Gasteiger partial charge in [0, 0.05) is 0 Å². The first-order chi connectivity index (χ1) is 17.4.